The average Bonchev–Trinajstić information content (AvgIpc) is 2.68. The van der Waals surface area contributed by atoms with E-state index in [1.807, 2.05) is 30.8 Å². The van der Waals surface area contributed by atoms with Gasteiger partial charge in [0.2, 0.25) is 0 Å². The third kappa shape index (κ3) is 2.46. The van der Waals surface area contributed by atoms with Gasteiger partial charge < -0.3 is 9.55 Å². The number of halogens is 1. The molecule has 0 aliphatic carbocycles. The molecule has 18 heavy (non-hydrogen) atoms. The van der Waals surface area contributed by atoms with E-state index in [2.05, 4.69) is 23.4 Å². The van der Waals surface area contributed by atoms with Crippen molar-refractivity contribution in [2.45, 2.75) is 26.8 Å². The highest BCUT2D eigenvalue weighted by Crippen LogP contribution is 2.28. The van der Waals surface area contributed by atoms with Gasteiger partial charge in [0.25, 0.3) is 0 Å². The zero-order chi connectivity index (χ0) is 13.3. The molecule has 0 aliphatic rings. The molecule has 0 amide bonds. The summed E-state index contributed by atoms with van der Waals surface area (Å²) in [6, 6.07) is 4.28. The number of nitrogens with zero attached hydrogens (tertiary/aromatic N) is 1. The Morgan fingerprint density at radius 2 is 2.22 bits per heavy atom. The molecule has 0 aliphatic heterocycles. The fraction of sp³-hybridized carbons (Fsp3) is 0.462. The van der Waals surface area contributed by atoms with E-state index in [4.69, 9.17) is 23.8 Å². The van der Waals surface area contributed by atoms with Crippen LogP contribution in [0.1, 0.15) is 25.5 Å². The fourth-order valence-corrected chi connectivity index (χ4v) is 3.41. The number of benzene rings is 1. The van der Waals surface area contributed by atoms with E-state index < -0.39 is 0 Å². The summed E-state index contributed by atoms with van der Waals surface area (Å²) in [6.45, 7) is 6.42. The van der Waals surface area contributed by atoms with Crippen molar-refractivity contribution >= 4 is 46.6 Å². The van der Waals surface area contributed by atoms with Gasteiger partial charge >= 0.3 is 0 Å². The highest BCUT2D eigenvalue weighted by molar-refractivity contribution is 7.99. The Hall–Kier alpha value is -0.450. The maximum atomic E-state index is 6.21. The zero-order valence-corrected chi connectivity index (χ0v) is 13.2. The lowest BCUT2D eigenvalue weighted by molar-refractivity contribution is 0.618. The van der Waals surface area contributed by atoms with Gasteiger partial charge in [0.05, 0.1) is 11.0 Å². The third-order valence-corrected chi connectivity index (χ3v) is 4.90. The number of hydrogen-bond donors (Lipinski definition) is 1. The predicted octanol–water partition coefficient (Wildman–Crippen LogP) is 4.97. The Morgan fingerprint density at radius 1 is 1.50 bits per heavy atom. The first-order valence-electron chi connectivity index (χ1n) is 6.03. The first-order chi connectivity index (χ1) is 8.56. The number of fused-ring (bicyclic) bond motifs is 1. The van der Waals surface area contributed by atoms with Gasteiger partial charge in [-0.2, -0.15) is 11.8 Å². The van der Waals surface area contributed by atoms with E-state index in [0.717, 1.165) is 37.9 Å². The predicted molar refractivity (Wildman–Crippen MR) is 84.6 cm³/mol. The largest absolute Gasteiger partial charge is 0.331 e. The second-order valence-electron chi connectivity index (χ2n) is 4.38. The molecule has 1 unspecified atom stereocenters. The molecule has 2 aromatic rings. The quantitative estimate of drug-likeness (QED) is 0.804. The Balaban J connectivity index is 2.59. The minimum Gasteiger partial charge on any atom is -0.331 e. The van der Waals surface area contributed by atoms with Crippen molar-refractivity contribution in [2.75, 3.05) is 11.5 Å². The fourth-order valence-electron chi connectivity index (χ4n) is 2.15. The minimum atomic E-state index is 0.369. The summed E-state index contributed by atoms with van der Waals surface area (Å²) in [5.41, 5.74) is 3.29. The lowest BCUT2D eigenvalue weighted by Gasteiger charge is -2.15. The van der Waals surface area contributed by atoms with E-state index in [-0.39, 0.29) is 0 Å². The number of nitrogens with one attached hydrogen (secondary N) is 1. The smallest absolute Gasteiger partial charge is 0.178 e. The SMILES string of the molecule is CCSCC(C)n1c(=S)[nH]c2ccc(Cl)c(C)c21. The van der Waals surface area contributed by atoms with Gasteiger partial charge in [-0.1, -0.05) is 18.5 Å². The summed E-state index contributed by atoms with van der Waals surface area (Å²) in [5.74, 6) is 2.18. The van der Waals surface area contributed by atoms with Crippen molar-refractivity contribution in [2.24, 2.45) is 0 Å². The van der Waals surface area contributed by atoms with E-state index in [9.17, 15) is 0 Å². The van der Waals surface area contributed by atoms with Crippen LogP contribution in [0.25, 0.3) is 11.0 Å². The molecule has 2 rings (SSSR count). The molecule has 0 bridgehead atoms. The maximum absolute atomic E-state index is 6.21. The summed E-state index contributed by atoms with van der Waals surface area (Å²) in [5, 5.41) is 0.792. The van der Waals surface area contributed by atoms with Gasteiger partial charge in [0.1, 0.15) is 0 Å². The molecule has 2 nitrogen and oxygen atoms in total. The Morgan fingerprint density at radius 3 is 2.89 bits per heavy atom. The number of thioether (sulfide) groups is 1. The number of imidazole rings is 1. The molecule has 0 radical (unpaired) electrons. The summed E-state index contributed by atoms with van der Waals surface area (Å²) < 4.78 is 2.97. The number of hydrogen-bond acceptors (Lipinski definition) is 2. The van der Waals surface area contributed by atoms with Crippen molar-refractivity contribution in [3.8, 4) is 0 Å². The van der Waals surface area contributed by atoms with Crippen LogP contribution in [0, 0.1) is 11.7 Å². The first kappa shape index (κ1) is 14.0. The van der Waals surface area contributed by atoms with E-state index in [1.165, 1.54) is 0 Å². The number of H-pyrrole nitrogens is 1. The number of rotatable bonds is 4. The van der Waals surface area contributed by atoms with Crippen LogP contribution >= 0.6 is 35.6 Å². The number of aryl methyl sites for hydroxylation is 1. The summed E-state index contributed by atoms with van der Waals surface area (Å²) in [7, 11) is 0. The molecular weight excluding hydrogens is 284 g/mol. The minimum absolute atomic E-state index is 0.369. The first-order valence-corrected chi connectivity index (χ1v) is 7.97. The van der Waals surface area contributed by atoms with Crippen molar-refractivity contribution < 1.29 is 0 Å². The number of aromatic amines is 1. The Bertz CT molecular complexity index is 615. The Labute approximate surface area is 122 Å². The van der Waals surface area contributed by atoms with Crippen LogP contribution in [0.3, 0.4) is 0 Å². The molecule has 0 fully saturated rings. The van der Waals surface area contributed by atoms with Crippen LogP contribution in [0.15, 0.2) is 12.1 Å². The van der Waals surface area contributed by atoms with Crippen LogP contribution < -0.4 is 0 Å². The monoisotopic (exact) mass is 300 g/mol. The van der Waals surface area contributed by atoms with Gasteiger partial charge in [-0.25, -0.2) is 0 Å². The van der Waals surface area contributed by atoms with Gasteiger partial charge in [-0.3, -0.25) is 0 Å². The second-order valence-corrected chi connectivity index (χ2v) is 6.49. The molecule has 1 N–H and O–H groups in total. The van der Waals surface area contributed by atoms with Crippen molar-refractivity contribution in [1.29, 1.82) is 0 Å². The van der Waals surface area contributed by atoms with E-state index >= 15 is 0 Å². The molecule has 1 aromatic carbocycles. The highest BCUT2D eigenvalue weighted by Gasteiger charge is 2.14. The van der Waals surface area contributed by atoms with E-state index in [0.29, 0.717) is 6.04 Å². The normalized spacial score (nSPS) is 13.1. The van der Waals surface area contributed by atoms with Crippen LogP contribution in [-0.4, -0.2) is 21.1 Å². The van der Waals surface area contributed by atoms with Crippen LogP contribution in [0.4, 0.5) is 0 Å². The summed E-state index contributed by atoms with van der Waals surface area (Å²) >= 11 is 13.6. The van der Waals surface area contributed by atoms with Gasteiger partial charge in [0, 0.05) is 16.8 Å². The Kier molecular flexibility index (Phi) is 4.41. The molecule has 1 atom stereocenters. The second kappa shape index (κ2) is 5.68. The molecule has 1 aromatic heterocycles. The average molecular weight is 301 g/mol. The molecular formula is C13H17ClN2S2. The lowest BCUT2D eigenvalue weighted by Crippen LogP contribution is -2.08. The van der Waals surface area contributed by atoms with Gasteiger partial charge in [-0.05, 0) is 49.5 Å². The zero-order valence-electron chi connectivity index (χ0n) is 10.8. The van der Waals surface area contributed by atoms with Gasteiger partial charge in [0.15, 0.2) is 4.77 Å². The molecule has 1 heterocycles. The van der Waals surface area contributed by atoms with Crippen molar-refractivity contribution in [3.63, 3.8) is 0 Å². The highest BCUT2D eigenvalue weighted by atomic mass is 35.5. The van der Waals surface area contributed by atoms with E-state index in [1.54, 1.807) is 0 Å². The topological polar surface area (TPSA) is 20.7 Å². The van der Waals surface area contributed by atoms with Gasteiger partial charge in [-0.15, -0.1) is 0 Å². The third-order valence-electron chi connectivity index (χ3n) is 3.07. The summed E-state index contributed by atoms with van der Waals surface area (Å²) in [6.07, 6.45) is 0. The van der Waals surface area contributed by atoms with Crippen LogP contribution in [-0.2, 0) is 0 Å². The number of aromatic nitrogens is 2. The molecule has 0 saturated carbocycles. The standard InChI is InChI=1S/C13H17ClN2S2/c1-4-18-7-8(2)16-12-9(3)10(14)5-6-11(12)15-13(16)17/h5-6,8H,4,7H2,1-3H3,(H,15,17). The van der Waals surface area contributed by atoms with Crippen molar-refractivity contribution in [1.82, 2.24) is 9.55 Å². The van der Waals surface area contributed by atoms with Crippen LogP contribution in [0.5, 0.6) is 0 Å². The molecule has 0 saturated heterocycles. The van der Waals surface area contributed by atoms with Crippen LogP contribution in [0.2, 0.25) is 5.02 Å². The molecule has 0 spiro atoms. The lowest BCUT2D eigenvalue weighted by atomic mass is 10.2. The molecule has 5 heteroatoms. The van der Waals surface area contributed by atoms with Crippen molar-refractivity contribution in [3.05, 3.63) is 27.5 Å². The maximum Gasteiger partial charge on any atom is 0.178 e. The molecule has 98 valence electrons. The summed E-state index contributed by atoms with van der Waals surface area (Å²) in [4.78, 5) is 3.26.